The largest absolute Gasteiger partial charge is 0.490 e. The number of carboxylic acids is 1. The van der Waals surface area contributed by atoms with Gasteiger partial charge in [0.1, 0.15) is 0 Å². The highest BCUT2D eigenvalue weighted by atomic mass is 19.4. The van der Waals surface area contributed by atoms with Crippen molar-refractivity contribution < 1.29 is 23.1 Å². The summed E-state index contributed by atoms with van der Waals surface area (Å²) in [7, 11) is 0. The van der Waals surface area contributed by atoms with Crippen LogP contribution < -0.4 is 5.32 Å². The zero-order valence-corrected chi connectivity index (χ0v) is 10.1. The summed E-state index contributed by atoms with van der Waals surface area (Å²) in [6.07, 6.45) is -5.08. The molecule has 16 heavy (non-hydrogen) atoms. The molecular formula is C10H20F3NO2. The number of halogens is 3. The summed E-state index contributed by atoms with van der Waals surface area (Å²) in [6, 6.07) is 0. The monoisotopic (exact) mass is 243 g/mol. The van der Waals surface area contributed by atoms with Crippen molar-refractivity contribution in [3.05, 3.63) is 0 Å². The molecule has 0 aromatic rings. The second kappa shape index (κ2) is 8.38. The number of hydrogen-bond donors (Lipinski definition) is 2. The van der Waals surface area contributed by atoms with Crippen LogP contribution >= 0.6 is 0 Å². The highest BCUT2D eigenvalue weighted by Crippen LogP contribution is 2.13. The normalized spacial score (nSPS) is 11.3. The Morgan fingerprint density at radius 2 is 1.38 bits per heavy atom. The van der Waals surface area contributed by atoms with Crippen LogP contribution in [0, 0.1) is 11.8 Å². The molecule has 0 aliphatic heterocycles. The second-order valence-corrected chi connectivity index (χ2v) is 4.25. The van der Waals surface area contributed by atoms with E-state index in [4.69, 9.17) is 9.90 Å². The Balaban J connectivity index is 0. The highest BCUT2D eigenvalue weighted by Gasteiger charge is 2.38. The Hall–Kier alpha value is -0.780. The molecule has 0 amide bonds. The van der Waals surface area contributed by atoms with Gasteiger partial charge < -0.3 is 10.4 Å². The minimum Gasteiger partial charge on any atom is -0.475 e. The zero-order valence-electron chi connectivity index (χ0n) is 10.1. The maximum atomic E-state index is 10.6. The van der Waals surface area contributed by atoms with Crippen LogP contribution in [0.2, 0.25) is 0 Å². The number of hydrogen-bond acceptors (Lipinski definition) is 2. The van der Waals surface area contributed by atoms with Crippen LogP contribution in [0.3, 0.4) is 0 Å². The van der Waals surface area contributed by atoms with E-state index in [0.717, 1.165) is 24.9 Å². The SMILES string of the molecule is CC(C)CNCC(C)C.O=C(O)C(F)(F)F. The first-order valence-corrected chi connectivity index (χ1v) is 5.08. The van der Waals surface area contributed by atoms with Crippen LogP contribution in [-0.2, 0) is 4.79 Å². The lowest BCUT2D eigenvalue weighted by molar-refractivity contribution is -0.192. The van der Waals surface area contributed by atoms with Crippen molar-refractivity contribution in [2.45, 2.75) is 33.9 Å². The molecule has 0 aromatic heterocycles. The second-order valence-electron chi connectivity index (χ2n) is 4.25. The van der Waals surface area contributed by atoms with Gasteiger partial charge in [-0.1, -0.05) is 27.7 Å². The number of nitrogens with one attached hydrogen (secondary N) is 1. The Morgan fingerprint density at radius 1 is 1.12 bits per heavy atom. The topological polar surface area (TPSA) is 49.3 Å². The smallest absolute Gasteiger partial charge is 0.475 e. The average molecular weight is 243 g/mol. The molecule has 0 radical (unpaired) electrons. The van der Waals surface area contributed by atoms with Gasteiger partial charge in [-0.25, -0.2) is 4.79 Å². The van der Waals surface area contributed by atoms with Gasteiger partial charge in [0, 0.05) is 0 Å². The third kappa shape index (κ3) is 15.7. The van der Waals surface area contributed by atoms with Gasteiger partial charge in [0.2, 0.25) is 0 Å². The Labute approximate surface area is 94.0 Å². The molecule has 0 saturated carbocycles. The number of aliphatic carboxylic acids is 1. The van der Waals surface area contributed by atoms with Crippen molar-refractivity contribution in [2.24, 2.45) is 11.8 Å². The van der Waals surface area contributed by atoms with Gasteiger partial charge in [0.25, 0.3) is 0 Å². The number of rotatable bonds is 4. The predicted octanol–water partition coefficient (Wildman–Crippen LogP) is 2.52. The van der Waals surface area contributed by atoms with Crippen molar-refractivity contribution in [2.75, 3.05) is 13.1 Å². The van der Waals surface area contributed by atoms with Gasteiger partial charge in [-0.05, 0) is 24.9 Å². The van der Waals surface area contributed by atoms with Gasteiger partial charge in [0.05, 0.1) is 0 Å². The molecule has 0 aliphatic rings. The molecule has 0 rings (SSSR count). The molecule has 0 fully saturated rings. The van der Waals surface area contributed by atoms with Crippen molar-refractivity contribution in [1.82, 2.24) is 5.32 Å². The van der Waals surface area contributed by atoms with E-state index in [9.17, 15) is 13.2 Å². The predicted molar refractivity (Wildman–Crippen MR) is 56.2 cm³/mol. The van der Waals surface area contributed by atoms with Crippen molar-refractivity contribution in [3.63, 3.8) is 0 Å². The zero-order chi connectivity index (χ0) is 13.4. The van der Waals surface area contributed by atoms with Crippen molar-refractivity contribution in [3.8, 4) is 0 Å². The Bertz CT molecular complexity index is 183. The van der Waals surface area contributed by atoms with E-state index in [1.807, 2.05) is 0 Å². The van der Waals surface area contributed by atoms with E-state index in [0.29, 0.717) is 0 Å². The lowest BCUT2D eigenvalue weighted by Crippen LogP contribution is -2.23. The molecule has 0 heterocycles. The van der Waals surface area contributed by atoms with E-state index in [-0.39, 0.29) is 0 Å². The van der Waals surface area contributed by atoms with Crippen LogP contribution in [0.1, 0.15) is 27.7 Å². The molecule has 98 valence electrons. The molecular weight excluding hydrogens is 223 g/mol. The molecule has 0 atom stereocenters. The molecule has 3 nitrogen and oxygen atoms in total. The summed E-state index contributed by atoms with van der Waals surface area (Å²) >= 11 is 0. The first-order valence-electron chi connectivity index (χ1n) is 5.08. The highest BCUT2D eigenvalue weighted by molar-refractivity contribution is 5.73. The van der Waals surface area contributed by atoms with Crippen molar-refractivity contribution >= 4 is 5.97 Å². The van der Waals surface area contributed by atoms with Gasteiger partial charge in [0.15, 0.2) is 0 Å². The lowest BCUT2D eigenvalue weighted by Gasteiger charge is -2.08. The minimum absolute atomic E-state index is 0.781. The van der Waals surface area contributed by atoms with Crippen molar-refractivity contribution in [1.29, 1.82) is 0 Å². The number of carboxylic acid groups (broad SMARTS) is 1. The molecule has 0 saturated heterocycles. The van der Waals surface area contributed by atoms with E-state index in [2.05, 4.69) is 33.0 Å². The van der Waals surface area contributed by atoms with Crippen LogP contribution in [-0.4, -0.2) is 30.3 Å². The lowest BCUT2D eigenvalue weighted by atomic mass is 10.2. The van der Waals surface area contributed by atoms with Gasteiger partial charge in [-0.3, -0.25) is 0 Å². The number of carbonyl (C=O) groups is 1. The summed E-state index contributed by atoms with van der Waals surface area (Å²) in [5.41, 5.74) is 0. The molecule has 0 aromatic carbocycles. The van der Waals surface area contributed by atoms with E-state index < -0.39 is 12.1 Å². The molecule has 0 unspecified atom stereocenters. The summed E-state index contributed by atoms with van der Waals surface area (Å²) in [6.45, 7) is 11.2. The number of alkyl halides is 3. The summed E-state index contributed by atoms with van der Waals surface area (Å²) in [5.74, 6) is -1.19. The fraction of sp³-hybridized carbons (Fsp3) is 0.900. The molecule has 0 spiro atoms. The Kier molecular flexibility index (Phi) is 9.22. The van der Waals surface area contributed by atoms with Crippen LogP contribution in [0.4, 0.5) is 13.2 Å². The fourth-order valence-electron chi connectivity index (χ4n) is 0.661. The average Bonchev–Trinajstić information content (AvgIpc) is 2.01. The standard InChI is InChI=1S/C8H19N.C2HF3O2/c1-7(2)5-9-6-8(3)4;3-2(4,5)1(6)7/h7-9H,5-6H2,1-4H3;(H,6,7). The maximum absolute atomic E-state index is 10.6. The quantitative estimate of drug-likeness (QED) is 0.797. The van der Waals surface area contributed by atoms with E-state index in [1.54, 1.807) is 0 Å². The molecule has 6 heteroatoms. The Morgan fingerprint density at radius 3 is 1.50 bits per heavy atom. The summed E-state index contributed by atoms with van der Waals surface area (Å²) in [4.78, 5) is 8.90. The third-order valence-corrected chi connectivity index (χ3v) is 1.35. The fourth-order valence-corrected chi connectivity index (χ4v) is 0.661. The van der Waals surface area contributed by atoms with E-state index >= 15 is 0 Å². The third-order valence-electron chi connectivity index (χ3n) is 1.35. The maximum Gasteiger partial charge on any atom is 0.490 e. The first-order chi connectivity index (χ1) is 7.07. The van der Waals surface area contributed by atoms with Crippen LogP contribution in [0.5, 0.6) is 0 Å². The van der Waals surface area contributed by atoms with Crippen LogP contribution in [0.25, 0.3) is 0 Å². The molecule has 2 N–H and O–H groups in total. The first kappa shape index (κ1) is 17.6. The minimum atomic E-state index is -5.08. The molecule has 0 bridgehead atoms. The summed E-state index contributed by atoms with van der Waals surface area (Å²) < 4.78 is 31.7. The van der Waals surface area contributed by atoms with Gasteiger partial charge in [-0.15, -0.1) is 0 Å². The summed E-state index contributed by atoms with van der Waals surface area (Å²) in [5, 5.41) is 10.5. The van der Waals surface area contributed by atoms with Gasteiger partial charge in [-0.2, -0.15) is 13.2 Å². The van der Waals surface area contributed by atoms with Gasteiger partial charge >= 0.3 is 12.1 Å². The van der Waals surface area contributed by atoms with E-state index in [1.165, 1.54) is 0 Å². The van der Waals surface area contributed by atoms with Crippen LogP contribution in [0.15, 0.2) is 0 Å². The molecule has 0 aliphatic carbocycles.